The lowest BCUT2D eigenvalue weighted by molar-refractivity contribution is -0.164. The maximum atomic E-state index is 12.9. The van der Waals surface area contributed by atoms with Gasteiger partial charge in [0.05, 0.1) is 5.56 Å². The number of benzene rings is 1. The van der Waals surface area contributed by atoms with Crippen LogP contribution in [-0.2, 0) is 17.4 Å². The van der Waals surface area contributed by atoms with E-state index in [1.54, 1.807) is 0 Å². The van der Waals surface area contributed by atoms with Crippen LogP contribution in [0.1, 0.15) is 16.7 Å². The summed E-state index contributed by atoms with van der Waals surface area (Å²) in [6.07, 6.45) is -5.69. The Balaban J connectivity index is 3.04. The van der Waals surface area contributed by atoms with Gasteiger partial charge in [0, 0.05) is 6.42 Å². The Hall–Kier alpha value is -1.66. The molecular weight excluding hydrogens is 259 g/mol. The van der Waals surface area contributed by atoms with Crippen LogP contribution < -0.4 is 0 Å². The summed E-state index contributed by atoms with van der Waals surface area (Å²) in [6.45, 7) is 1.22. The normalized spacial score (nSPS) is 12.6. The predicted molar refractivity (Wildman–Crippen MR) is 52.5 cm³/mol. The molecule has 7 heteroatoms. The van der Waals surface area contributed by atoms with Gasteiger partial charge < -0.3 is 5.11 Å². The molecule has 0 saturated heterocycles. The summed E-state index contributed by atoms with van der Waals surface area (Å²) in [5.41, 5.74) is -1.11. The molecule has 0 radical (unpaired) electrons. The molecule has 0 heterocycles. The molecule has 0 aliphatic carbocycles. The first-order chi connectivity index (χ1) is 8.04. The van der Waals surface area contributed by atoms with Gasteiger partial charge in [-0.25, -0.2) is 4.79 Å². The van der Waals surface area contributed by atoms with E-state index in [0.29, 0.717) is 12.1 Å². The summed E-state index contributed by atoms with van der Waals surface area (Å²) in [4.78, 5) is 10.2. The molecule has 0 atom stereocenters. The van der Waals surface area contributed by atoms with Crippen LogP contribution in [0.5, 0.6) is 0 Å². The van der Waals surface area contributed by atoms with Crippen molar-refractivity contribution in [2.24, 2.45) is 0 Å². The van der Waals surface area contributed by atoms with Crippen LogP contribution in [0.2, 0.25) is 0 Å². The second kappa shape index (κ2) is 4.55. The second-order valence-electron chi connectivity index (χ2n) is 3.83. The van der Waals surface area contributed by atoms with Crippen LogP contribution in [-0.4, -0.2) is 17.0 Å². The van der Waals surface area contributed by atoms with E-state index < -0.39 is 30.1 Å². The number of halogens is 5. The number of rotatable bonds is 3. The highest BCUT2D eigenvalue weighted by molar-refractivity contribution is 5.75. The van der Waals surface area contributed by atoms with Gasteiger partial charge in [0.15, 0.2) is 0 Å². The van der Waals surface area contributed by atoms with Crippen LogP contribution in [0, 0.1) is 6.92 Å². The summed E-state index contributed by atoms with van der Waals surface area (Å²) in [5, 5.41) is 8.25. The van der Waals surface area contributed by atoms with Gasteiger partial charge in [0.1, 0.15) is 0 Å². The highest BCUT2D eigenvalue weighted by Gasteiger charge is 2.39. The number of hydrogen-bond donors (Lipinski definition) is 1. The fraction of sp³-hybridized carbons (Fsp3) is 0.364. The average Bonchev–Trinajstić information content (AvgIpc) is 2.19. The molecule has 100 valence electrons. The lowest BCUT2D eigenvalue weighted by atomic mass is 9.99. The Labute approximate surface area is 99.0 Å². The largest absolute Gasteiger partial charge is 0.477 e. The number of alkyl halides is 5. The van der Waals surface area contributed by atoms with E-state index in [1.807, 2.05) is 0 Å². The first-order valence-corrected chi connectivity index (χ1v) is 4.82. The molecule has 0 spiro atoms. The quantitative estimate of drug-likeness (QED) is 0.854. The van der Waals surface area contributed by atoms with E-state index in [9.17, 15) is 26.7 Å². The fourth-order valence-corrected chi connectivity index (χ4v) is 1.39. The van der Waals surface area contributed by atoms with Crippen molar-refractivity contribution in [3.8, 4) is 0 Å². The summed E-state index contributed by atoms with van der Waals surface area (Å²) in [5.74, 6) is -6.30. The number of hydrogen-bond acceptors (Lipinski definition) is 1. The molecule has 2 nitrogen and oxygen atoms in total. The molecule has 0 fully saturated rings. The Morgan fingerprint density at radius 1 is 1.22 bits per heavy atom. The first kappa shape index (κ1) is 14.4. The summed E-state index contributed by atoms with van der Waals surface area (Å²) in [7, 11) is 0. The predicted octanol–water partition coefficient (Wildman–Crippen LogP) is 3.28. The lowest BCUT2D eigenvalue weighted by Crippen LogP contribution is -2.31. The number of aliphatic carboxylic acids is 1. The van der Waals surface area contributed by atoms with Gasteiger partial charge in [-0.3, -0.25) is 0 Å². The van der Waals surface area contributed by atoms with E-state index in [2.05, 4.69) is 0 Å². The smallest absolute Gasteiger partial charge is 0.416 e. The maximum Gasteiger partial charge on any atom is 0.416 e. The van der Waals surface area contributed by atoms with Gasteiger partial charge >= 0.3 is 18.1 Å². The molecule has 1 rings (SSSR count). The summed E-state index contributed by atoms with van der Waals surface area (Å²) >= 11 is 0. The Kier molecular flexibility index (Phi) is 3.64. The van der Waals surface area contributed by atoms with E-state index >= 15 is 0 Å². The zero-order valence-corrected chi connectivity index (χ0v) is 9.18. The van der Waals surface area contributed by atoms with Crippen LogP contribution in [0.15, 0.2) is 18.2 Å². The number of carbonyl (C=O) groups is 1. The van der Waals surface area contributed by atoms with E-state index in [-0.39, 0.29) is 11.1 Å². The van der Waals surface area contributed by atoms with Gasteiger partial charge in [-0.15, -0.1) is 0 Å². The van der Waals surface area contributed by atoms with Crippen molar-refractivity contribution in [3.63, 3.8) is 0 Å². The molecule has 0 saturated carbocycles. The molecule has 0 aromatic heterocycles. The number of carboxylic acid groups (broad SMARTS) is 1. The third-order valence-electron chi connectivity index (χ3n) is 2.40. The molecule has 18 heavy (non-hydrogen) atoms. The number of carboxylic acids is 1. The first-order valence-electron chi connectivity index (χ1n) is 4.82. The van der Waals surface area contributed by atoms with Crippen molar-refractivity contribution in [1.29, 1.82) is 0 Å². The molecule has 0 amide bonds. The topological polar surface area (TPSA) is 37.3 Å². The minimum atomic E-state index is -4.56. The fourth-order valence-electron chi connectivity index (χ4n) is 1.39. The van der Waals surface area contributed by atoms with Crippen LogP contribution >= 0.6 is 0 Å². The molecule has 1 N–H and O–H groups in total. The van der Waals surface area contributed by atoms with Crippen LogP contribution in [0.3, 0.4) is 0 Å². The Morgan fingerprint density at radius 3 is 2.17 bits per heavy atom. The average molecular weight is 268 g/mol. The van der Waals surface area contributed by atoms with Crippen molar-refractivity contribution >= 4 is 5.97 Å². The van der Waals surface area contributed by atoms with Crippen LogP contribution in [0.25, 0.3) is 0 Å². The zero-order chi connectivity index (χ0) is 14.1. The third-order valence-corrected chi connectivity index (χ3v) is 2.40. The standard InChI is InChI=1S/C11H9F5O2/c1-6-4-8(11(14,15)16)3-2-7(6)5-10(12,13)9(17)18/h2-4H,5H2,1H3,(H,17,18). The van der Waals surface area contributed by atoms with Crippen molar-refractivity contribution in [3.05, 3.63) is 34.9 Å². The second-order valence-corrected chi connectivity index (χ2v) is 3.83. The SMILES string of the molecule is Cc1cc(C(F)(F)F)ccc1CC(F)(F)C(=O)O. The van der Waals surface area contributed by atoms with Gasteiger partial charge in [0.25, 0.3) is 0 Å². The Bertz CT molecular complexity index is 465. The molecule has 0 bridgehead atoms. The van der Waals surface area contributed by atoms with Gasteiger partial charge in [-0.05, 0) is 30.2 Å². The van der Waals surface area contributed by atoms with Gasteiger partial charge in [-0.2, -0.15) is 22.0 Å². The number of aryl methyl sites for hydroxylation is 1. The molecular formula is C11H9F5O2. The maximum absolute atomic E-state index is 12.9. The lowest BCUT2D eigenvalue weighted by Gasteiger charge is -2.14. The van der Waals surface area contributed by atoms with Crippen molar-refractivity contribution in [2.75, 3.05) is 0 Å². The molecule has 0 aliphatic heterocycles. The molecule has 1 aromatic rings. The van der Waals surface area contributed by atoms with E-state index in [1.165, 1.54) is 6.92 Å². The van der Waals surface area contributed by atoms with E-state index in [4.69, 9.17) is 5.11 Å². The van der Waals surface area contributed by atoms with Crippen molar-refractivity contribution in [2.45, 2.75) is 25.4 Å². The van der Waals surface area contributed by atoms with Gasteiger partial charge in [-0.1, -0.05) is 6.07 Å². The summed E-state index contributed by atoms with van der Waals surface area (Å²) < 4.78 is 62.8. The highest BCUT2D eigenvalue weighted by atomic mass is 19.4. The van der Waals surface area contributed by atoms with Crippen LogP contribution in [0.4, 0.5) is 22.0 Å². The van der Waals surface area contributed by atoms with E-state index in [0.717, 1.165) is 6.07 Å². The molecule has 0 aliphatic rings. The summed E-state index contributed by atoms with van der Waals surface area (Å²) in [6, 6.07) is 2.24. The van der Waals surface area contributed by atoms with Crippen molar-refractivity contribution in [1.82, 2.24) is 0 Å². The monoisotopic (exact) mass is 268 g/mol. The van der Waals surface area contributed by atoms with Crippen molar-refractivity contribution < 1.29 is 31.9 Å². The minimum absolute atomic E-state index is 0.0225. The Morgan fingerprint density at radius 2 is 1.78 bits per heavy atom. The highest BCUT2D eigenvalue weighted by Crippen LogP contribution is 2.31. The van der Waals surface area contributed by atoms with Gasteiger partial charge in [0.2, 0.25) is 0 Å². The third kappa shape index (κ3) is 3.18. The molecule has 0 unspecified atom stereocenters. The zero-order valence-electron chi connectivity index (χ0n) is 9.18. The minimum Gasteiger partial charge on any atom is -0.477 e. The molecule has 1 aromatic carbocycles.